The van der Waals surface area contributed by atoms with Gasteiger partial charge in [0.1, 0.15) is 0 Å². The van der Waals surface area contributed by atoms with Crippen molar-refractivity contribution >= 4 is 35.3 Å². The second-order valence-electron chi connectivity index (χ2n) is 4.43. The minimum absolute atomic E-state index is 0.116. The number of carbonyl (C=O) groups is 1. The largest absolute Gasteiger partial charge is 0.504 e. The Labute approximate surface area is 143 Å². The summed E-state index contributed by atoms with van der Waals surface area (Å²) >= 11 is 12.0. The molecule has 0 bridgehead atoms. The number of nitrogens with zero attached hydrogens (tertiary/aromatic N) is 1. The number of hydrogen-bond donors (Lipinski definition) is 2. The molecule has 1 amide bonds. The number of aromatic hydroxyl groups is 1. The molecule has 0 radical (unpaired) electrons. The summed E-state index contributed by atoms with van der Waals surface area (Å²) in [4.78, 5) is 11.9. The number of nitrogens with one attached hydrogen (secondary N) is 1. The predicted molar refractivity (Wildman–Crippen MR) is 90.8 cm³/mol. The van der Waals surface area contributed by atoms with Crippen LogP contribution in [0, 0.1) is 0 Å². The van der Waals surface area contributed by atoms with Crippen molar-refractivity contribution in [3.05, 3.63) is 57.6 Å². The molecule has 0 saturated carbocycles. The Morgan fingerprint density at radius 1 is 1.35 bits per heavy atom. The Kier molecular flexibility index (Phi) is 5.84. The van der Waals surface area contributed by atoms with E-state index in [0.29, 0.717) is 12.2 Å². The molecule has 0 aromatic heterocycles. The van der Waals surface area contributed by atoms with Crippen LogP contribution in [0.2, 0.25) is 10.0 Å². The second kappa shape index (κ2) is 7.85. The summed E-state index contributed by atoms with van der Waals surface area (Å²) in [6.45, 7) is 2.13. The molecule has 0 aliphatic rings. The molecule has 120 valence electrons. The van der Waals surface area contributed by atoms with Crippen LogP contribution < -0.4 is 10.2 Å². The van der Waals surface area contributed by atoms with Crippen molar-refractivity contribution in [2.45, 2.75) is 6.92 Å². The van der Waals surface area contributed by atoms with Crippen LogP contribution in [-0.4, -0.2) is 23.8 Å². The van der Waals surface area contributed by atoms with Crippen LogP contribution in [0.5, 0.6) is 11.5 Å². The van der Waals surface area contributed by atoms with E-state index in [-0.39, 0.29) is 33.0 Å². The molecule has 23 heavy (non-hydrogen) atoms. The summed E-state index contributed by atoms with van der Waals surface area (Å²) in [5.41, 5.74) is 2.97. The van der Waals surface area contributed by atoms with Gasteiger partial charge in [-0.25, -0.2) is 5.43 Å². The third-order valence-corrected chi connectivity index (χ3v) is 3.69. The Balaban J connectivity index is 2.21. The van der Waals surface area contributed by atoms with Crippen molar-refractivity contribution in [2.24, 2.45) is 5.10 Å². The molecule has 0 unspecified atom stereocenters. The van der Waals surface area contributed by atoms with Crippen LogP contribution in [0.4, 0.5) is 0 Å². The van der Waals surface area contributed by atoms with E-state index in [4.69, 9.17) is 27.9 Å². The van der Waals surface area contributed by atoms with E-state index in [9.17, 15) is 9.90 Å². The Hall–Kier alpha value is -2.24. The van der Waals surface area contributed by atoms with Crippen LogP contribution in [-0.2, 0) is 0 Å². The van der Waals surface area contributed by atoms with Gasteiger partial charge in [-0.2, -0.15) is 5.10 Å². The number of rotatable bonds is 5. The first kappa shape index (κ1) is 17.1. The summed E-state index contributed by atoms with van der Waals surface area (Å²) in [7, 11) is 0. The van der Waals surface area contributed by atoms with E-state index >= 15 is 0 Å². The van der Waals surface area contributed by atoms with E-state index in [0.717, 1.165) is 0 Å². The maximum Gasteiger partial charge on any atom is 0.271 e. The van der Waals surface area contributed by atoms with Gasteiger partial charge in [-0.05, 0) is 19.1 Å². The summed E-state index contributed by atoms with van der Waals surface area (Å²) in [6, 6.07) is 10.0. The Morgan fingerprint density at radius 3 is 2.70 bits per heavy atom. The molecule has 2 rings (SSSR count). The maximum atomic E-state index is 11.9. The highest BCUT2D eigenvalue weighted by atomic mass is 35.5. The zero-order valence-electron chi connectivity index (χ0n) is 12.2. The van der Waals surface area contributed by atoms with E-state index in [2.05, 4.69) is 10.5 Å². The monoisotopic (exact) mass is 352 g/mol. The fourth-order valence-corrected chi connectivity index (χ4v) is 2.20. The molecule has 0 spiro atoms. The van der Waals surface area contributed by atoms with Crippen molar-refractivity contribution in [1.29, 1.82) is 0 Å². The van der Waals surface area contributed by atoms with Crippen LogP contribution in [0.25, 0.3) is 0 Å². The highest BCUT2D eigenvalue weighted by Gasteiger charge is 2.15. The zero-order valence-corrected chi connectivity index (χ0v) is 13.7. The Morgan fingerprint density at radius 2 is 2.04 bits per heavy atom. The molecule has 0 aliphatic heterocycles. The number of carbonyl (C=O) groups excluding carboxylic acids is 1. The van der Waals surface area contributed by atoms with Crippen molar-refractivity contribution in [2.75, 3.05) is 6.61 Å². The molecule has 0 atom stereocenters. The van der Waals surface area contributed by atoms with Crippen LogP contribution >= 0.6 is 23.2 Å². The first-order valence-corrected chi connectivity index (χ1v) is 7.52. The van der Waals surface area contributed by atoms with Gasteiger partial charge in [-0.1, -0.05) is 41.4 Å². The van der Waals surface area contributed by atoms with Crippen molar-refractivity contribution in [3.8, 4) is 11.5 Å². The molecule has 0 saturated heterocycles. The third-order valence-electron chi connectivity index (χ3n) is 2.89. The fourth-order valence-electron chi connectivity index (χ4n) is 1.81. The van der Waals surface area contributed by atoms with Crippen LogP contribution in [0.15, 0.2) is 41.5 Å². The van der Waals surface area contributed by atoms with E-state index in [1.165, 1.54) is 12.3 Å². The maximum absolute atomic E-state index is 11.9. The zero-order chi connectivity index (χ0) is 16.8. The number of hydrazone groups is 1. The molecule has 0 aliphatic carbocycles. The minimum atomic E-state index is -0.385. The highest BCUT2D eigenvalue weighted by molar-refractivity contribution is 6.43. The SMILES string of the molecule is CCOc1cc(Cl)c(Cl)c(/C=N/NC(=O)c2ccccc2)c1O. The number of phenolic OH excluding ortho intramolecular Hbond substituents is 1. The second-order valence-corrected chi connectivity index (χ2v) is 5.22. The fraction of sp³-hybridized carbons (Fsp3) is 0.125. The Bertz CT molecular complexity index is 734. The van der Waals surface area contributed by atoms with Crippen molar-refractivity contribution < 1.29 is 14.6 Å². The lowest BCUT2D eigenvalue weighted by Crippen LogP contribution is -2.17. The summed E-state index contributed by atoms with van der Waals surface area (Å²) < 4.78 is 5.27. The highest BCUT2D eigenvalue weighted by Crippen LogP contribution is 2.39. The normalized spacial score (nSPS) is 10.7. The van der Waals surface area contributed by atoms with Gasteiger partial charge in [0, 0.05) is 11.6 Å². The number of benzene rings is 2. The molecule has 0 heterocycles. The van der Waals surface area contributed by atoms with Gasteiger partial charge in [0.05, 0.1) is 28.4 Å². The van der Waals surface area contributed by atoms with Gasteiger partial charge in [0.25, 0.3) is 5.91 Å². The van der Waals surface area contributed by atoms with Gasteiger partial charge in [-0.15, -0.1) is 0 Å². The molecule has 5 nitrogen and oxygen atoms in total. The molecule has 0 fully saturated rings. The first-order chi connectivity index (χ1) is 11.0. The van der Waals surface area contributed by atoms with Gasteiger partial charge < -0.3 is 9.84 Å². The predicted octanol–water partition coefficient (Wildman–Crippen LogP) is 3.86. The van der Waals surface area contributed by atoms with Gasteiger partial charge in [0.15, 0.2) is 11.5 Å². The molecule has 2 aromatic carbocycles. The number of hydrogen-bond acceptors (Lipinski definition) is 4. The smallest absolute Gasteiger partial charge is 0.271 e. The number of phenols is 1. The third kappa shape index (κ3) is 4.15. The van der Waals surface area contributed by atoms with Gasteiger partial charge in [0.2, 0.25) is 0 Å². The molecule has 2 aromatic rings. The lowest BCUT2D eigenvalue weighted by atomic mass is 10.2. The van der Waals surface area contributed by atoms with Crippen molar-refractivity contribution in [1.82, 2.24) is 5.43 Å². The van der Waals surface area contributed by atoms with Crippen molar-refractivity contribution in [3.63, 3.8) is 0 Å². The molecular formula is C16H14Cl2N2O3. The topological polar surface area (TPSA) is 70.9 Å². The van der Waals surface area contributed by atoms with E-state index < -0.39 is 0 Å². The summed E-state index contributed by atoms with van der Waals surface area (Å²) in [5, 5.41) is 14.3. The average molecular weight is 353 g/mol. The van der Waals surface area contributed by atoms with E-state index in [1.54, 1.807) is 37.3 Å². The average Bonchev–Trinajstić information content (AvgIpc) is 2.56. The molecule has 2 N–H and O–H groups in total. The van der Waals surface area contributed by atoms with E-state index in [1.807, 2.05) is 0 Å². The lowest BCUT2D eigenvalue weighted by molar-refractivity contribution is 0.0955. The quantitative estimate of drug-likeness (QED) is 0.633. The lowest BCUT2D eigenvalue weighted by Gasteiger charge is -2.10. The number of ether oxygens (including phenoxy) is 1. The molecular weight excluding hydrogens is 339 g/mol. The summed E-state index contributed by atoms with van der Waals surface area (Å²) in [5.74, 6) is -0.388. The number of halogens is 2. The van der Waals surface area contributed by atoms with Gasteiger partial charge in [-0.3, -0.25) is 4.79 Å². The van der Waals surface area contributed by atoms with Crippen LogP contribution in [0.3, 0.4) is 0 Å². The first-order valence-electron chi connectivity index (χ1n) is 6.76. The molecule has 7 heteroatoms. The number of amides is 1. The standard InChI is InChI=1S/C16H14Cl2N2O3/c1-2-23-13-8-12(17)14(18)11(15(13)21)9-19-20-16(22)10-6-4-3-5-7-10/h3-9,21H,2H2,1H3,(H,20,22)/b19-9+. The van der Waals surface area contributed by atoms with Crippen LogP contribution in [0.1, 0.15) is 22.8 Å². The summed E-state index contributed by atoms with van der Waals surface area (Å²) in [6.07, 6.45) is 1.22. The van der Waals surface area contributed by atoms with Gasteiger partial charge >= 0.3 is 0 Å². The minimum Gasteiger partial charge on any atom is -0.504 e.